The van der Waals surface area contributed by atoms with Crippen molar-refractivity contribution in [3.8, 4) is 0 Å². The largest absolute Gasteiger partial charge is 0.316 e. The summed E-state index contributed by atoms with van der Waals surface area (Å²) < 4.78 is 0. The van der Waals surface area contributed by atoms with E-state index in [0.29, 0.717) is 18.4 Å². The molecule has 0 amide bonds. The Morgan fingerprint density at radius 3 is 2.22 bits per heavy atom. The maximum atomic E-state index is 10.0. The molecule has 0 aromatic rings. The van der Waals surface area contributed by atoms with Gasteiger partial charge in [0.2, 0.25) is 0 Å². The molecule has 0 aromatic heterocycles. The first-order valence-electron chi connectivity index (χ1n) is 3.33. The summed E-state index contributed by atoms with van der Waals surface area (Å²) in [6.07, 6.45) is 1.58. The Hall–Kier alpha value is -0.370. The Kier molecular flexibility index (Phi) is 4.32. The number of aldehydes is 1. The zero-order valence-electron chi connectivity index (χ0n) is 6.35. The van der Waals surface area contributed by atoms with Crippen LogP contribution in [-0.4, -0.2) is 19.4 Å². The first-order chi connectivity index (χ1) is 4.22. The molecule has 54 valence electrons. The van der Waals surface area contributed by atoms with Gasteiger partial charge in [-0.1, -0.05) is 13.8 Å². The van der Waals surface area contributed by atoms with Crippen molar-refractivity contribution in [2.24, 2.45) is 5.92 Å². The van der Waals surface area contributed by atoms with Gasteiger partial charge >= 0.3 is 0 Å². The molecule has 0 saturated carbocycles. The van der Waals surface area contributed by atoms with E-state index < -0.39 is 0 Å². The molecule has 0 bridgehead atoms. The Morgan fingerprint density at radius 1 is 1.56 bits per heavy atom. The summed E-state index contributed by atoms with van der Waals surface area (Å²) >= 11 is 0. The predicted octanol–water partition coefficient (Wildman–Crippen LogP) is 0.819. The number of carbonyl (C=O) groups is 1. The van der Waals surface area contributed by atoms with Crippen molar-refractivity contribution >= 4 is 6.29 Å². The second-order valence-corrected chi connectivity index (χ2v) is 2.54. The summed E-state index contributed by atoms with van der Waals surface area (Å²) in [6.45, 7) is 4.20. The molecule has 2 heteroatoms. The van der Waals surface area contributed by atoms with Gasteiger partial charge < -0.3 is 10.1 Å². The van der Waals surface area contributed by atoms with Crippen molar-refractivity contribution in [2.45, 2.75) is 26.3 Å². The van der Waals surface area contributed by atoms with Gasteiger partial charge in [0.1, 0.15) is 6.29 Å². The van der Waals surface area contributed by atoms with Crippen molar-refractivity contribution < 1.29 is 4.79 Å². The Labute approximate surface area is 56.6 Å². The zero-order chi connectivity index (χ0) is 7.28. The Morgan fingerprint density at radius 2 is 2.11 bits per heavy atom. The molecule has 0 aliphatic carbocycles. The van der Waals surface area contributed by atoms with Gasteiger partial charge in [-0.05, 0) is 13.0 Å². The van der Waals surface area contributed by atoms with Gasteiger partial charge in [-0.3, -0.25) is 0 Å². The number of hydrogen-bond acceptors (Lipinski definition) is 2. The summed E-state index contributed by atoms with van der Waals surface area (Å²) in [5.41, 5.74) is 0. The van der Waals surface area contributed by atoms with Crippen LogP contribution in [0, 0.1) is 5.92 Å². The van der Waals surface area contributed by atoms with E-state index in [-0.39, 0.29) is 0 Å². The molecule has 1 unspecified atom stereocenters. The van der Waals surface area contributed by atoms with Gasteiger partial charge in [-0.2, -0.15) is 0 Å². The molecule has 0 aromatic carbocycles. The third kappa shape index (κ3) is 3.25. The molecule has 0 radical (unpaired) electrons. The molecule has 2 nitrogen and oxygen atoms in total. The van der Waals surface area contributed by atoms with E-state index in [2.05, 4.69) is 19.2 Å². The van der Waals surface area contributed by atoms with Crippen LogP contribution in [0.3, 0.4) is 0 Å². The lowest BCUT2D eigenvalue weighted by atomic mass is 10.0. The monoisotopic (exact) mass is 129 g/mol. The average molecular weight is 129 g/mol. The standard InChI is InChI=1S/C7H15NO/c1-6(2)7(8-3)4-5-9/h5-8H,4H2,1-3H3. The quantitative estimate of drug-likeness (QED) is 0.569. The van der Waals surface area contributed by atoms with Crippen molar-refractivity contribution in [2.75, 3.05) is 7.05 Å². The zero-order valence-corrected chi connectivity index (χ0v) is 6.35. The van der Waals surface area contributed by atoms with Crippen LogP contribution < -0.4 is 5.32 Å². The molecule has 9 heavy (non-hydrogen) atoms. The van der Waals surface area contributed by atoms with Crippen LogP contribution in [-0.2, 0) is 4.79 Å². The lowest BCUT2D eigenvalue weighted by Crippen LogP contribution is -2.30. The molecule has 0 aliphatic heterocycles. The maximum Gasteiger partial charge on any atom is 0.121 e. The minimum Gasteiger partial charge on any atom is -0.316 e. The minimum absolute atomic E-state index is 0.350. The first-order valence-corrected chi connectivity index (χ1v) is 3.33. The highest BCUT2D eigenvalue weighted by atomic mass is 16.1. The second-order valence-electron chi connectivity index (χ2n) is 2.54. The van der Waals surface area contributed by atoms with Crippen LogP contribution in [0.25, 0.3) is 0 Å². The molecule has 1 atom stereocenters. The third-order valence-corrected chi connectivity index (χ3v) is 1.53. The van der Waals surface area contributed by atoms with E-state index >= 15 is 0 Å². The van der Waals surface area contributed by atoms with Crippen molar-refractivity contribution in [1.82, 2.24) is 5.32 Å². The predicted molar refractivity (Wildman–Crippen MR) is 38.4 cm³/mol. The van der Waals surface area contributed by atoms with E-state index in [0.717, 1.165) is 6.29 Å². The average Bonchev–Trinajstić information content (AvgIpc) is 1.82. The number of nitrogens with one attached hydrogen (secondary N) is 1. The molecular weight excluding hydrogens is 114 g/mol. The van der Waals surface area contributed by atoms with E-state index in [1.54, 1.807) is 0 Å². The van der Waals surface area contributed by atoms with Crippen LogP contribution >= 0.6 is 0 Å². The Balaban J connectivity index is 3.53. The lowest BCUT2D eigenvalue weighted by Gasteiger charge is -2.16. The van der Waals surface area contributed by atoms with Crippen molar-refractivity contribution in [3.05, 3.63) is 0 Å². The van der Waals surface area contributed by atoms with Gasteiger partial charge in [0.15, 0.2) is 0 Å². The maximum absolute atomic E-state index is 10.0. The minimum atomic E-state index is 0.350. The second kappa shape index (κ2) is 4.50. The molecule has 0 aliphatic rings. The molecule has 0 heterocycles. The number of carbonyl (C=O) groups excluding carboxylic acids is 1. The van der Waals surface area contributed by atoms with Crippen molar-refractivity contribution in [3.63, 3.8) is 0 Å². The summed E-state index contributed by atoms with van der Waals surface area (Å²) in [6, 6.07) is 0.350. The van der Waals surface area contributed by atoms with E-state index in [1.807, 2.05) is 7.05 Å². The molecular formula is C7H15NO. The number of hydrogen-bond donors (Lipinski definition) is 1. The third-order valence-electron chi connectivity index (χ3n) is 1.53. The van der Waals surface area contributed by atoms with Crippen LogP contribution in [0.2, 0.25) is 0 Å². The summed E-state index contributed by atoms with van der Waals surface area (Å²) in [7, 11) is 1.88. The van der Waals surface area contributed by atoms with Gasteiger partial charge in [0.25, 0.3) is 0 Å². The normalized spacial score (nSPS) is 13.8. The molecule has 0 saturated heterocycles. The summed E-state index contributed by atoms with van der Waals surface area (Å²) in [4.78, 5) is 10.0. The highest BCUT2D eigenvalue weighted by Gasteiger charge is 2.08. The number of rotatable bonds is 4. The fraction of sp³-hybridized carbons (Fsp3) is 0.857. The molecule has 0 rings (SSSR count). The summed E-state index contributed by atoms with van der Waals surface area (Å²) in [5.74, 6) is 0.542. The van der Waals surface area contributed by atoms with Gasteiger partial charge in [0.05, 0.1) is 0 Å². The highest BCUT2D eigenvalue weighted by Crippen LogP contribution is 2.02. The van der Waals surface area contributed by atoms with Gasteiger partial charge in [-0.25, -0.2) is 0 Å². The fourth-order valence-electron chi connectivity index (χ4n) is 0.827. The van der Waals surface area contributed by atoms with Crippen LogP contribution in [0.1, 0.15) is 20.3 Å². The lowest BCUT2D eigenvalue weighted by molar-refractivity contribution is -0.108. The van der Waals surface area contributed by atoms with Gasteiger partial charge in [-0.15, -0.1) is 0 Å². The first kappa shape index (κ1) is 8.63. The molecule has 0 spiro atoms. The highest BCUT2D eigenvalue weighted by molar-refractivity contribution is 5.50. The SMILES string of the molecule is CNC(CC=O)C(C)C. The van der Waals surface area contributed by atoms with Crippen LogP contribution in [0.4, 0.5) is 0 Å². The van der Waals surface area contributed by atoms with E-state index in [4.69, 9.17) is 0 Å². The van der Waals surface area contributed by atoms with E-state index in [9.17, 15) is 4.79 Å². The fourth-order valence-corrected chi connectivity index (χ4v) is 0.827. The molecule has 1 N–H and O–H groups in total. The van der Waals surface area contributed by atoms with Crippen LogP contribution in [0.5, 0.6) is 0 Å². The van der Waals surface area contributed by atoms with Gasteiger partial charge in [0, 0.05) is 12.5 Å². The topological polar surface area (TPSA) is 29.1 Å². The van der Waals surface area contributed by atoms with Crippen molar-refractivity contribution in [1.29, 1.82) is 0 Å². The van der Waals surface area contributed by atoms with E-state index in [1.165, 1.54) is 0 Å². The smallest absolute Gasteiger partial charge is 0.121 e. The molecule has 0 fully saturated rings. The van der Waals surface area contributed by atoms with Crippen LogP contribution in [0.15, 0.2) is 0 Å². The summed E-state index contributed by atoms with van der Waals surface area (Å²) in [5, 5.41) is 3.07. The Bertz CT molecular complexity index is 81.0.